The van der Waals surface area contributed by atoms with Crippen molar-refractivity contribution >= 4 is 34.8 Å². The van der Waals surface area contributed by atoms with Gasteiger partial charge in [0.05, 0.1) is 36.9 Å². The van der Waals surface area contributed by atoms with Gasteiger partial charge in [-0.05, 0) is 58.2 Å². The highest BCUT2D eigenvalue weighted by Gasteiger charge is 2.27. The summed E-state index contributed by atoms with van der Waals surface area (Å²) in [7, 11) is 0. The number of amides is 3. The minimum atomic E-state index is -0.481. The first kappa shape index (κ1) is 30.8. The molecular formula is C27H39N3O6. The molecule has 0 aromatic heterocycles. The van der Waals surface area contributed by atoms with Crippen molar-refractivity contribution in [2.45, 2.75) is 60.8 Å². The lowest BCUT2D eigenvalue weighted by atomic mass is 10.2. The molecule has 1 aromatic rings. The Balaban J connectivity index is 3.89. The fourth-order valence-electron chi connectivity index (χ4n) is 2.75. The van der Waals surface area contributed by atoms with Crippen LogP contribution in [0.5, 0.6) is 0 Å². The van der Waals surface area contributed by atoms with Crippen molar-refractivity contribution in [3.63, 3.8) is 0 Å². The number of rotatable bonds is 15. The first-order valence-corrected chi connectivity index (χ1v) is 12.0. The normalized spacial score (nSPS) is 10.5. The molecule has 0 spiro atoms. The van der Waals surface area contributed by atoms with Crippen molar-refractivity contribution in [1.29, 1.82) is 0 Å². The maximum atomic E-state index is 13.0. The Bertz CT molecular complexity index is 852. The number of carbonyl (C=O) groups is 3. The number of anilines is 3. The summed E-state index contributed by atoms with van der Waals surface area (Å²) in [5, 5.41) is 3.27. The molecule has 9 heteroatoms. The molecule has 0 aliphatic rings. The van der Waals surface area contributed by atoms with E-state index in [-0.39, 0.29) is 53.6 Å². The van der Waals surface area contributed by atoms with E-state index in [2.05, 4.69) is 19.7 Å². The molecule has 0 bridgehead atoms. The van der Waals surface area contributed by atoms with Crippen LogP contribution >= 0.6 is 0 Å². The van der Waals surface area contributed by atoms with Gasteiger partial charge in [-0.2, -0.15) is 15.2 Å². The van der Waals surface area contributed by atoms with Gasteiger partial charge < -0.3 is 0 Å². The van der Waals surface area contributed by atoms with Crippen LogP contribution in [-0.2, 0) is 28.9 Å². The van der Waals surface area contributed by atoms with Crippen LogP contribution in [0.2, 0.25) is 0 Å². The average molecular weight is 502 g/mol. The quantitative estimate of drug-likeness (QED) is 0.235. The smallest absolute Gasteiger partial charge is 0.267 e. The van der Waals surface area contributed by atoms with Crippen LogP contribution in [0.1, 0.15) is 60.8 Å². The van der Waals surface area contributed by atoms with Crippen molar-refractivity contribution in [2.24, 2.45) is 0 Å². The standard InChI is InChI=1S/C27H39N3O6/c1-10-13-34-28(25(31)19(4)5)22-16-23(29(35-14-11-2)26(32)20(6)7)18-24(17-22)30(36-15-12-3)27(33)21(8)9/h16-18H,4,6,8,10-15H2,1-3,5,7,9H3. The van der Waals surface area contributed by atoms with Crippen molar-refractivity contribution in [3.05, 3.63) is 54.7 Å². The van der Waals surface area contributed by atoms with Gasteiger partial charge in [-0.15, -0.1) is 0 Å². The number of nitrogens with zero attached hydrogens (tertiary/aromatic N) is 3. The Hall–Kier alpha value is -3.27. The molecule has 198 valence electrons. The highest BCUT2D eigenvalue weighted by Crippen LogP contribution is 2.33. The summed E-state index contributed by atoms with van der Waals surface area (Å²) in [5.74, 6) is -1.44. The topological polar surface area (TPSA) is 88.6 Å². The lowest BCUT2D eigenvalue weighted by molar-refractivity contribution is -0.122. The minimum absolute atomic E-state index is 0.243. The van der Waals surface area contributed by atoms with Gasteiger partial charge in [-0.3, -0.25) is 28.9 Å². The van der Waals surface area contributed by atoms with Crippen LogP contribution in [0.4, 0.5) is 17.1 Å². The zero-order chi connectivity index (χ0) is 27.4. The first-order valence-electron chi connectivity index (χ1n) is 12.0. The van der Waals surface area contributed by atoms with E-state index in [1.807, 2.05) is 20.8 Å². The number of carbonyl (C=O) groups excluding carboxylic acids is 3. The van der Waals surface area contributed by atoms with E-state index in [1.165, 1.54) is 0 Å². The van der Waals surface area contributed by atoms with Crippen LogP contribution in [0.3, 0.4) is 0 Å². The number of hydrogen-bond donors (Lipinski definition) is 0. The van der Waals surface area contributed by atoms with E-state index >= 15 is 0 Å². The van der Waals surface area contributed by atoms with Crippen molar-refractivity contribution in [1.82, 2.24) is 0 Å². The second kappa shape index (κ2) is 15.0. The summed E-state index contributed by atoms with van der Waals surface area (Å²) in [5.41, 5.74) is 1.49. The summed E-state index contributed by atoms with van der Waals surface area (Å²) in [6.45, 7) is 22.4. The largest absolute Gasteiger partial charge is 0.277 e. The molecule has 0 unspecified atom stereocenters. The summed E-state index contributed by atoms with van der Waals surface area (Å²) >= 11 is 0. The van der Waals surface area contributed by atoms with E-state index < -0.39 is 17.7 Å². The van der Waals surface area contributed by atoms with Gasteiger partial charge >= 0.3 is 0 Å². The van der Waals surface area contributed by atoms with E-state index in [0.29, 0.717) is 19.3 Å². The monoisotopic (exact) mass is 501 g/mol. The van der Waals surface area contributed by atoms with Crippen LogP contribution < -0.4 is 15.2 Å². The lowest BCUT2D eigenvalue weighted by Crippen LogP contribution is -2.36. The minimum Gasteiger partial charge on any atom is -0.267 e. The van der Waals surface area contributed by atoms with Crippen LogP contribution in [0.15, 0.2) is 54.7 Å². The predicted molar refractivity (Wildman–Crippen MR) is 142 cm³/mol. The third-order valence-corrected chi connectivity index (χ3v) is 4.51. The second-order valence-electron chi connectivity index (χ2n) is 8.35. The zero-order valence-electron chi connectivity index (χ0n) is 22.4. The first-order chi connectivity index (χ1) is 17.0. The van der Waals surface area contributed by atoms with Crippen molar-refractivity contribution in [3.8, 4) is 0 Å². The second-order valence-corrected chi connectivity index (χ2v) is 8.35. The Labute approximate surface area is 214 Å². The molecule has 0 saturated heterocycles. The summed E-state index contributed by atoms with van der Waals surface area (Å²) < 4.78 is 0. The maximum absolute atomic E-state index is 13.0. The van der Waals surface area contributed by atoms with Gasteiger partial charge in [0, 0.05) is 16.7 Å². The van der Waals surface area contributed by atoms with Gasteiger partial charge in [0.25, 0.3) is 17.7 Å². The molecule has 0 saturated carbocycles. The Kier molecular flexibility index (Phi) is 12.8. The fourth-order valence-corrected chi connectivity index (χ4v) is 2.75. The molecule has 9 nitrogen and oxygen atoms in total. The summed E-state index contributed by atoms with van der Waals surface area (Å²) in [4.78, 5) is 56.2. The highest BCUT2D eigenvalue weighted by molar-refractivity contribution is 6.08. The van der Waals surface area contributed by atoms with Crippen LogP contribution in [0, 0.1) is 0 Å². The summed E-state index contributed by atoms with van der Waals surface area (Å²) in [6.07, 6.45) is 1.94. The molecule has 0 radical (unpaired) electrons. The number of benzene rings is 1. The van der Waals surface area contributed by atoms with Crippen LogP contribution in [0.25, 0.3) is 0 Å². The van der Waals surface area contributed by atoms with Gasteiger partial charge in [0.2, 0.25) is 0 Å². The van der Waals surface area contributed by atoms with E-state index in [4.69, 9.17) is 14.5 Å². The maximum Gasteiger partial charge on any atom is 0.277 e. The molecule has 1 rings (SSSR count). The molecular weight excluding hydrogens is 462 g/mol. The molecule has 1 aromatic carbocycles. The SMILES string of the molecule is C=C(C)C(=O)N(OCCC)c1cc(N(OCCC)C(=O)C(=C)C)cc(N(OCCC)C(=O)C(=C)C)c1. The third-order valence-electron chi connectivity index (χ3n) is 4.51. The number of hydrogen-bond acceptors (Lipinski definition) is 6. The van der Waals surface area contributed by atoms with Gasteiger partial charge in [0.15, 0.2) is 0 Å². The summed E-state index contributed by atoms with van der Waals surface area (Å²) in [6, 6.07) is 4.67. The lowest BCUT2D eigenvalue weighted by Gasteiger charge is -2.29. The molecule has 0 heterocycles. The fraction of sp³-hybridized carbons (Fsp3) is 0.444. The molecule has 3 amide bonds. The third kappa shape index (κ3) is 8.44. The number of hydroxylamine groups is 3. The molecule has 0 aliphatic carbocycles. The van der Waals surface area contributed by atoms with Gasteiger partial charge in [0.1, 0.15) is 0 Å². The highest BCUT2D eigenvalue weighted by atomic mass is 16.7. The van der Waals surface area contributed by atoms with Gasteiger partial charge in [-0.1, -0.05) is 40.5 Å². The van der Waals surface area contributed by atoms with Crippen molar-refractivity contribution < 1.29 is 28.9 Å². The Morgan fingerprint density at radius 1 is 0.583 bits per heavy atom. The average Bonchev–Trinajstić information content (AvgIpc) is 2.84. The molecule has 0 atom stereocenters. The van der Waals surface area contributed by atoms with E-state index in [9.17, 15) is 14.4 Å². The van der Waals surface area contributed by atoms with Crippen molar-refractivity contribution in [2.75, 3.05) is 35.0 Å². The van der Waals surface area contributed by atoms with Gasteiger partial charge in [-0.25, -0.2) is 0 Å². The molecule has 36 heavy (non-hydrogen) atoms. The zero-order valence-corrected chi connectivity index (χ0v) is 22.4. The predicted octanol–water partition coefficient (Wildman–Crippen LogP) is 5.44. The van der Waals surface area contributed by atoms with E-state index in [1.54, 1.807) is 39.0 Å². The Morgan fingerprint density at radius 3 is 0.972 bits per heavy atom. The van der Waals surface area contributed by atoms with Crippen LogP contribution in [-0.4, -0.2) is 37.5 Å². The molecule has 0 fully saturated rings. The molecule has 0 N–H and O–H groups in total. The van der Waals surface area contributed by atoms with E-state index in [0.717, 1.165) is 15.2 Å². The Morgan fingerprint density at radius 2 is 0.806 bits per heavy atom. The molecule has 0 aliphatic heterocycles.